The lowest BCUT2D eigenvalue weighted by molar-refractivity contribution is 0.0950. The van der Waals surface area contributed by atoms with Crippen molar-refractivity contribution in [3.8, 4) is 0 Å². The van der Waals surface area contributed by atoms with Crippen molar-refractivity contribution >= 4 is 22.7 Å². The molecule has 1 aromatic carbocycles. The number of carbonyl (C=O) groups is 1. The van der Waals surface area contributed by atoms with Gasteiger partial charge < -0.3 is 15.2 Å². The van der Waals surface area contributed by atoms with Crippen LogP contribution in [0.5, 0.6) is 0 Å². The van der Waals surface area contributed by atoms with Gasteiger partial charge in [0, 0.05) is 30.9 Å². The Morgan fingerprint density at radius 2 is 2.07 bits per heavy atom. The Morgan fingerprint density at radius 3 is 2.75 bits per heavy atom. The molecular weight excluding hydrogens is 352 g/mol. The lowest BCUT2D eigenvalue weighted by Gasteiger charge is -2.21. The molecule has 4 rings (SSSR count). The van der Waals surface area contributed by atoms with Gasteiger partial charge in [-0.1, -0.05) is 29.5 Å². The lowest BCUT2D eigenvalue weighted by atomic mass is 9.86. The highest BCUT2D eigenvalue weighted by Crippen LogP contribution is 2.41. The van der Waals surface area contributed by atoms with E-state index in [1.807, 2.05) is 42.6 Å². The molecule has 0 radical (unpaired) electrons. The van der Waals surface area contributed by atoms with Crippen molar-refractivity contribution in [1.82, 2.24) is 9.88 Å². The number of rotatable bonds is 6. The van der Waals surface area contributed by atoms with Crippen molar-refractivity contribution in [3.63, 3.8) is 0 Å². The number of para-hydroxylation sites is 1. The molecule has 1 unspecified atom stereocenters. The molecule has 2 heterocycles. The molecule has 0 fully saturated rings. The number of nitrogens with zero attached hydrogens (tertiary/aromatic N) is 2. The van der Waals surface area contributed by atoms with Crippen molar-refractivity contribution in [3.05, 3.63) is 70.5 Å². The number of hydrogen-bond acceptors (Lipinski definition) is 5. The van der Waals surface area contributed by atoms with Crippen LogP contribution in [0.2, 0.25) is 0 Å². The predicted octanol–water partition coefficient (Wildman–Crippen LogP) is 4.26. The maximum absolute atomic E-state index is 13.1. The van der Waals surface area contributed by atoms with Crippen LogP contribution in [0, 0.1) is 10.8 Å². The number of nitrogens with one attached hydrogen (secondary N) is 2. The van der Waals surface area contributed by atoms with E-state index in [0.717, 1.165) is 47.0 Å². The van der Waals surface area contributed by atoms with Crippen LogP contribution in [0.4, 0.5) is 11.4 Å². The van der Waals surface area contributed by atoms with E-state index < -0.39 is 0 Å². The molecule has 144 valence electrons. The third-order valence-electron chi connectivity index (χ3n) is 5.39. The van der Waals surface area contributed by atoms with E-state index in [2.05, 4.69) is 33.4 Å². The second kappa shape index (κ2) is 7.84. The monoisotopic (exact) mass is 376 g/mol. The van der Waals surface area contributed by atoms with Crippen LogP contribution >= 0.6 is 0 Å². The molecule has 28 heavy (non-hydrogen) atoms. The Kier molecular flexibility index (Phi) is 5.10. The summed E-state index contributed by atoms with van der Waals surface area (Å²) in [5, 5.41) is 9.74. The summed E-state index contributed by atoms with van der Waals surface area (Å²) in [6.07, 6.45) is 7.18. The van der Waals surface area contributed by atoms with E-state index >= 15 is 0 Å². The summed E-state index contributed by atoms with van der Waals surface area (Å²) in [7, 11) is 0. The Labute approximate surface area is 164 Å². The molecule has 6 nitrogen and oxygen atoms in total. The molecule has 2 N–H and O–H groups in total. The summed E-state index contributed by atoms with van der Waals surface area (Å²) < 4.78 is 2.22. The summed E-state index contributed by atoms with van der Waals surface area (Å²) in [6, 6.07) is 9.92. The first-order chi connectivity index (χ1) is 13.7. The highest BCUT2D eigenvalue weighted by atomic mass is 16.3. The average Bonchev–Trinajstić information content (AvgIpc) is 3.03. The first-order valence-electron chi connectivity index (χ1n) is 9.73. The molecule has 0 bridgehead atoms. The minimum atomic E-state index is -0.0207. The zero-order valence-electron chi connectivity index (χ0n) is 15.9. The summed E-state index contributed by atoms with van der Waals surface area (Å²) in [5.41, 5.74) is 5.70. The Morgan fingerprint density at radius 1 is 1.25 bits per heavy atom. The van der Waals surface area contributed by atoms with Gasteiger partial charge in [-0.2, -0.15) is 4.91 Å². The normalized spacial score (nSPS) is 18.2. The van der Waals surface area contributed by atoms with E-state index in [9.17, 15) is 9.70 Å². The Balaban J connectivity index is 1.89. The first kappa shape index (κ1) is 18.2. The fraction of sp³-hybridized carbons (Fsp3) is 0.318. The van der Waals surface area contributed by atoms with E-state index in [1.54, 1.807) is 0 Å². The standard InChI is InChI=1S/C22H24N4O2/c1-2-26-18-12-15(14-24-28)13-19(27)20(18)21(25-17-6-4-3-5-7-17)22(26)16-8-10-23-11-9-16/h3-10,15,23,25H,2,11-14H2,1H3. The molecule has 2 aliphatic rings. The van der Waals surface area contributed by atoms with E-state index in [-0.39, 0.29) is 18.2 Å². The van der Waals surface area contributed by atoms with Gasteiger partial charge in [-0.25, -0.2) is 0 Å². The van der Waals surface area contributed by atoms with Gasteiger partial charge in [-0.05, 0) is 49.2 Å². The topological polar surface area (TPSA) is 75.5 Å². The molecule has 1 aromatic heterocycles. The van der Waals surface area contributed by atoms with Crippen molar-refractivity contribution in [1.29, 1.82) is 0 Å². The van der Waals surface area contributed by atoms with Gasteiger partial charge in [0.25, 0.3) is 0 Å². The molecule has 0 amide bonds. The average molecular weight is 376 g/mol. The highest BCUT2D eigenvalue weighted by Gasteiger charge is 2.34. The molecule has 0 spiro atoms. The summed E-state index contributed by atoms with van der Waals surface area (Å²) in [6.45, 7) is 3.78. The molecule has 1 atom stereocenters. The number of carbonyl (C=O) groups excluding carboxylic acids is 1. The van der Waals surface area contributed by atoms with Crippen molar-refractivity contribution in [2.75, 3.05) is 18.4 Å². The summed E-state index contributed by atoms with van der Waals surface area (Å²) in [4.78, 5) is 23.9. The summed E-state index contributed by atoms with van der Waals surface area (Å²) in [5.74, 6) is 0.0629. The summed E-state index contributed by atoms with van der Waals surface area (Å²) >= 11 is 0. The van der Waals surface area contributed by atoms with Crippen LogP contribution in [0.25, 0.3) is 5.57 Å². The van der Waals surface area contributed by atoms with Crippen LogP contribution in [-0.2, 0) is 13.0 Å². The Bertz CT molecular complexity index is 957. The molecule has 0 saturated carbocycles. The third-order valence-corrected chi connectivity index (χ3v) is 5.39. The van der Waals surface area contributed by atoms with Crippen LogP contribution < -0.4 is 10.6 Å². The van der Waals surface area contributed by atoms with Gasteiger partial charge in [-0.3, -0.25) is 4.79 Å². The second-order valence-corrected chi connectivity index (χ2v) is 7.19. The molecule has 6 heteroatoms. The first-order valence-corrected chi connectivity index (χ1v) is 9.73. The second-order valence-electron chi connectivity index (χ2n) is 7.19. The number of benzene rings is 1. The number of nitroso groups, excluding NO2 is 1. The van der Waals surface area contributed by atoms with Crippen LogP contribution in [0.1, 0.15) is 35.1 Å². The highest BCUT2D eigenvalue weighted by molar-refractivity contribution is 6.07. The molecule has 1 aliphatic carbocycles. The van der Waals surface area contributed by atoms with Gasteiger partial charge in [0.1, 0.15) is 0 Å². The maximum Gasteiger partial charge on any atom is 0.167 e. The zero-order chi connectivity index (χ0) is 19.5. The fourth-order valence-corrected chi connectivity index (χ4v) is 4.19. The van der Waals surface area contributed by atoms with Crippen molar-refractivity contribution in [2.45, 2.75) is 26.3 Å². The third kappa shape index (κ3) is 3.26. The van der Waals surface area contributed by atoms with Crippen LogP contribution in [0.3, 0.4) is 0 Å². The molecule has 0 saturated heterocycles. The number of hydrogen-bond donors (Lipinski definition) is 2. The SMILES string of the molecule is CCn1c2c(c(Nc3ccccc3)c1C1=CCNC=C1)C(=O)CC(CN=O)C2. The van der Waals surface area contributed by atoms with E-state index in [4.69, 9.17) is 0 Å². The van der Waals surface area contributed by atoms with Gasteiger partial charge in [0.15, 0.2) is 5.78 Å². The van der Waals surface area contributed by atoms with Crippen molar-refractivity contribution in [2.24, 2.45) is 11.1 Å². The number of dihydropyridines is 1. The predicted molar refractivity (Wildman–Crippen MR) is 112 cm³/mol. The van der Waals surface area contributed by atoms with Crippen molar-refractivity contribution < 1.29 is 4.79 Å². The van der Waals surface area contributed by atoms with Gasteiger partial charge in [0.05, 0.1) is 23.5 Å². The number of anilines is 2. The molecule has 1 aliphatic heterocycles. The van der Waals surface area contributed by atoms with Gasteiger partial charge >= 0.3 is 0 Å². The number of aromatic nitrogens is 1. The smallest absolute Gasteiger partial charge is 0.167 e. The number of Topliss-reactive ketones (excluding diaryl/α,β-unsaturated/α-hetero) is 1. The van der Waals surface area contributed by atoms with Gasteiger partial charge in [0.2, 0.25) is 0 Å². The lowest BCUT2D eigenvalue weighted by Crippen LogP contribution is -2.23. The maximum atomic E-state index is 13.1. The molecular formula is C22H24N4O2. The largest absolute Gasteiger partial charge is 0.387 e. The van der Waals surface area contributed by atoms with Crippen LogP contribution in [-0.4, -0.2) is 23.4 Å². The quantitative estimate of drug-likeness (QED) is 0.739. The Hall–Kier alpha value is -3.15. The number of fused-ring (bicyclic) bond motifs is 1. The van der Waals surface area contributed by atoms with Crippen LogP contribution in [0.15, 0.2) is 53.9 Å². The number of ketones is 1. The minimum absolute atomic E-state index is 0.0207. The molecule has 2 aromatic rings. The zero-order valence-corrected chi connectivity index (χ0v) is 15.9. The van der Waals surface area contributed by atoms with E-state index in [1.165, 1.54) is 0 Å². The van der Waals surface area contributed by atoms with E-state index in [0.29, 0.717) is 12.8 Å². The van der Waals surface area contributed by atoms with Gasteiger partial charge in [-0.15, -0.1) is 0 Å². The number of allylic oxidation sites excluding steroid dienone is 2. The fourth-order valence-electron chi connectivity index (χ4n) is 4.19. The minimum Gasteiger partial charge on any atom is -0.387 e.